The quantitative estimate of drug-likeness (QED) is 0.461. The Morgan fingerprint density at radius 3 is 2.40 bits per heavy atom. The van der Waals surface area contributed by atoms with Crippen molar-refractivity contribution >= 4 is 40.8 Å². The Morgan fingerprint density at radius 2 is 1.83 bits per heavy atom. The number of benzene rings is 1. The third-order valence-corrected chi connectivity index (χ3v) is 5.35. The molecule has 0 saturated carbocycles. The number of nitrogens with zero attached hydrogens (tertiary/aromatic N) is 2. The van der Waals surface area contributed by atoms with Crippen LogP contribution in [0.2, 0.25) is 10.0 Å². The zero-order valence-electron chi connectivity index (χ0n) is 15.6. The lowest BCUT2D eigenvalue weighted by atomic mass is 9.97. The molecule has 1 aromatic heterocycles. The Balaban J connectivity index is 1.50. The number of ketones is 1. The van der Waals surface area contributed by atoms with Gasteiger partial charge in [0.1, 0.15) is 5.82 Å². The molecule has 5 nitrogen and oxygen atoms in total. The Morgan fingerprint density at radius 1 is 1.13 bits per heavy atom. The molecule has 2 aromatic rings. The second-order valence-corrected chi connectivity index (χ2v) is 7.66. The van der Waals surface area contributed by atoms with Gasteiger partial charge < -0.3 is 9.64 Å². The first kappa shape index (κ1) is 22.4. The van der Waals surface area contributed by atoms with E-state index in [0.717, 1.165) is 12.3 Å². The number of carbonyl (C=O) groups excluding carboxylic acids is 2. The number of piperidine rings is 1. The number of rotatable bonds is 5. The van der Waals surface area contributed by atoms with Gasteiger partial charge in [0.25, 0.3) is 0 Å². The molecule has 1 fully saturated rings. The number of pyridine rings is 1. The molecule has 0 amide bonds. The average molecular weight is 461 g/mol. The van der Waals surface area contributed by atoms with Gasteiger partial charge in [-0.25, -0.2) is 4.98 Å². The van der Waals surface area contributed by atoms with Gasteiger partial charge in [-0.05, 0) is 43.2 Å². The number of Topliss-reactive ketones (excluding diaryl/α,β-unsaturated/α-hetero) is 1. The molecule has 1 aliphatic heterocycles. The minimum atomic E-state index is -4.43. The molecule has 0 unspecified atom stereocenters. The summed E-state index contributed by atoms with van der Waals surface area (Å²) >= 11 is 11.8. The molecule has 10 heteroatoms. The van der Waals surface area contributed by atoms with Crippen LogP contribution < -0.4 is 4.90 Å². The van der Waals surface area contributed by atoms with Gasteiger partial charge >= 0.3 is 12.1 Å². The maximum atomic E-state index is 12.6. The molecule has 0 N–H and O–H groups in total. The average Bonchev–Trinajstić information content (AvgIpc) is 2.71. The molecule has 3 rings (SSSR count). The van der Waals surface area contributed by atoms with Crippen molar-refractivity contribution in [1.82, 2.24) is 4.98 Å². The molecule has 1 aromatic carbocycles. The fraction of sp³-hybridized carbons (Fsp3) is 0.350. The molecule has 160 valence electrons. The number of anilines is 1. The number of aromatic nitrogens is 1. The first-order valence-corrected chi connectivity index (χ1v) is 9.84. The first-order valence-electron chi connectivity index (χ1n) is 9.08. The second-order valence-electron chi connectivity index (χ2n) is 6.82. The summed E-state index contributed by atoms with van der Waals surface area (Å²) in [5.74, 6) is -0.906. The van der Waals surface area contributed by atoms with Crippen LogP contribution in [0.5, 0.6) is 0 Å². The van der Waals surface area contributed by atoms with Crippen LogP contribution in [0.1, 0.15) is 28.8 Å². The summed E-state index contributed by atoms with van der Waals surface area (Å²) in [7, 11) is 0. The largest absolute Gasteiger partial charge is 0.457 e. The van der Waals surface area contributed by atoms with Gasteiger partial charge in [-0.1, -0.05) is 23.2 Å². The number of hydrogen-bond donors (Lipinski definition) is 0. The smallest absolute Gasteiger partial charge is 0.417 e. The van der Waals surface area contributed by atoms with Crippen LogP contribution in [0.3, 0.4) is 0 Å². The Kier molecular flexibility index (Phi) is 6.88. The molecular weight excluding hydrogens is 444 g/mol. The highest BCUT2D eigenvalue weighted by Gasteiger charge is 2.32. The highest BCUT2D eigenvalue weighted by Crippen LogP contribution is 2.30. The number of ether oxygens (including phenoxy) is 1. The van der Waals surface area contributed by atoms with Gasteiger partial charge in [0, 0.05) is 29.9 Å². The summed E-state index contributed by atoms with van der Waals surface area (Å²) in [5, 5.41) is 0.573. The van der Waals surface area contributed by atoms with E-state index in [1.54, 1.807) is 0 Å². The lowest BCUT2D eigenvalue weighted by Gasteiger charge is -2.31. The van der Waals surface area contributed by atoms with Gasteiger partial charge in [-0.15, -0.1) is 0 Å². The minimum absolute atomic E-state index is 0.181. The van der Waals surface area contributed by atoms with E-state index in [2.05, 4.69) is 4.98 Å². The lowest BCUT2D eigenvalue weighted by molar-refractivity contribution is -0.148. The maximum absolute atomic E-state index is 12.6. The van der Waals surface area contributed by atoms with E-state index in [0.29, 0.717) is 36.8 Å². The van der Waals surface area contributed by atoms with Crippen molar-refractivity contribution in [2.24, 2.45) is 5.92 Å². The summed E-state index contributed by atoms with van der Waals surface area (Å²) in [5.41, 5.74) is -0.591. The number of alkyl halides is 3. The molecule has 0 bridgehead atoms. The van der Waals surface area contributed by atoms with E-state index in [1.165, 1.54) is 24.3 Å². The lowest BCUT2D eigenvalue weighted by Crippen LogP contribution is -2.37. The van der Waals surface area contributed by atoms with Gasteiger partial charge in [-0.3, -0.25) is 9.59 Å². The van der Waals surface area contributed by atoms with Crippen molar-refractivity contribution in [3.63, 3.8) is 0 Å². The summed E-state index contributed by atoms with van der Waals surface area (Å²) in [6, 6.07) is 6.72. The molecule has 2 heterocycles. The second kappa shape index (κ2) is 9.22. The van der Waals surface area contributed by atoms with E-state index in [4.69, 9.17) is 27.9 Å². The van der Waals surface area contributed by atoms with Crippen LogP contribution in [0, 0.1) is 5.92 Å². The van der Waals surface area contributed by atoms with Crippen LogP contribution in [0.15, 0.2) is 36.5 Å². The molecule has 0 radical (unpaired) electrons. The topological polar surface area (TPSA) is 59.5 Å². The van der Waals surface area contributed by atoms with Gasteiger partial charge in [0.2, 0.25) is 5.78 Å². The van der Waals surface area contributed by atoms with Crippen LogP contribution in [-0.4, -0.2) is 36.4 Å². The van der Waals surface area contributed by atoms with Gasteiger partial charge in [0.05, 0.1) is 16.5 Å². The summed E-state index contributed by atoms with van der Waals surface area (Å²) in [4.78, 5) is 30.2. The Hall–Kier alpha value is -2.32. The summed E-state index contributed by atoms with van der Waals surface area (Å²) in [6.07, 6.45) is -2.76. The summed E-state index contributed by atoms with van der Waals surface area (Å²) in [6.45, 7) is 0.449. The predicted octanol–water partition coefficient (Wildman–Crippen LogP) is 5.05. The number of esters is 1. The highest BCUT2D eigenvalue weighted by molar-refractivity contribution is 6.36. The zero-order chi connectivity index (χ0) is 21.9. The minimum Gasteiger partial charge on any atom is -0.457 e. The van der Waals surface area contributed by atoms with Crippen molar-refractivity contribution in [2.75, 3.05) is 24.6 Å². The van der Waals surface area contributed by atoms with Crippen molar-refractivity contribution in [1.29, 1.82) is 0 Å². The van der Waals surface area contributed by atoms with Crippen LogP contribution in [0.25, 0.3) is 0 Å². The van der Waals surface area contributed by atoms with Crippen LogP contribution >= 0.6 is 23.2 Å². The molecule has 0 aliphatic carbocycles. The first-order chi connectivity index (χ1) is 14.1. The molecule has 0 atom stereocenters. The van der Waals surface area contributed by atoms with Gasteiger partial charge in [-0.2, -0.15) is 13.2 Å². The van der Waals surface area contributed by atoms with E-state index in [-0.39, 0.29) is 10.6 Å². The van der Waals surface area contributed by atoms with E-state index in [1.807, 2.05) is 4.90 Å². The van der Waals surface area contributed by atoms with Crippen LogP contribution in [0.4, 0.5) is 19.0 Å². The SMILES string of the molecule is O=C(COC(=O)C1CCN(c2ccc(C(F)(F)F)cn2)CC1)c1ccc(Cl)cc1Cl. The van der Waals surface area contributed by atoms with E-state index in [9.17, 15) is 22.8 Å². The number of halogens is 5. The standard InChI is InChI=1S/C20H17Cl2F3N2O3/c21-14-2-3-15(16(22)9-14)17(28)11-30-19(29)12-5-7-27(8-6-12)18-4-1-13(10-26-18)20(23,24)25/h1-4,9-10,12H,5-8,11H2. The van der Waals surface area contributed by atoms with Crippen LogP contribution in [-0.2, 0) is 15.7 Å². The Labute approximate surface area is 180 Å². The monoisotopic (exact) mass is 460 g/mol. The fourth-order valence-corrected chi connectivity index (χ4v) is 3.65. The predicted molar refractivity (Wildman–Crippen MR) is 106 cm³/mol. The van der Waals surface area contributed by atoms with E-state index >= 15 is 0 Å². The van der Waals surface area contributed by atoms with Crippen molar-refractivity contribution < 1.29 is 27.5 Å². The van der Waals surface area contributed by atoms with E-state index < -0.39 is 36.0 Å². The molecular formula is C20H17Cl2F3N2O3. The highest BCUT2D eigenvalue weighted by atomic mass is 35.5. The normalized spacial score (nSPS) is 15.2. The number of carbonyl (C=O) groups is 2. The third-order valence-electron chi connectivity index (χ3n) is 4.80. The molecule has 1 aliphatic rings. The summed E-state index contributed by atoms with van der Waals surface area (Å²) < 4.78 is 43.0. The third kappa shape index (κ3) is 5.43. The number of hydrogen-bond acceptors (Lipinski definition) is 5. The maximum Gasteiger partial charge on any atom is 0.417 e. The van der Waals surface area contributed by atoms with Crippen molar-refractivity contribution in [3.8, 4) is 0 Å². The van der Waals surface area contributed by atoms with Crippen molar-refractivity contribution in [2.45, 2.75) is 19.0 Å². The fourth-order valence-electron chi connectivity index (χ4n) is 3.13. The molecule has 1 saturated heterocycles. The van der Waals surface area contributed by atoms with Gasteiger partial charge in [0.15, 0.2) is 6.61 Å². The Bertz CT molecular complexity index is 928. The molecule has 0 spiro atoms. The molecule has 30 heavy (non-hydrogen) atoms. The zero-order valence-corrected chi connectivity index (χ0v) is 17.1. The van der Waals surface area contributed by atoms with Crippen molar-refractivity contribution in [3.05, 3.63) is 57.7 Å².